The van der Waals surface area contributed by atoms with Gasteiger partial charge in [-0.05, 0) is 44.9 Å². The number of nitrogen functional groups attached to an aromatic ring is 1. The van der Waals surface area contributed by atoms with Gasteiger partial charge in [0, 0.05) is 6.54 Å². The molecule has 2 aromatic carbocycles. The second-order valence-electron chi connectivity index (χ2n) is 7.29. The Balaban J connectivity index is 1.54. The predicted molar refractivity (Wildman–Crippen MR) is 119 cm³/mol. The maximum absolute atomic E-state index is 12.4. The minimum absolute atomic E-state index is 0.0864. The Morgan fingerprint density at radius 1 is 1.13 bits per heavy atom. The third-order valence-electron chi connectivity index (χ3n) is 4.66. The van der Waals surface area contributed by atoms with Gasteiger partial charge in [0.1, 0.15) is 12.4 Å². The van der Waals surface area contributed by atoms with Crippen LogP contribution in [0.3, 0.4) is 0 Å². The van der Waals surface area contributed by atoms with Crippen LogP contribution in [0.2, 0.25) is 0 Å². The number of aromatic nitrogens is 3. The second-order valence-corrected chi connectivity index (χ2v) is 8.60. The third kappa shape index (κ3) is 5.54. The molecule has 0 saturated carbocycles. The van der Waals surface area contributed by atoms with Gasteiger partial charge in [-0.3, -0.25) is 4.79 Å². The van der Waals surface area contributed by atoms with Gasteiger partial charge < -0.3 is 15.9 Å². The number of nitrogens with two attached hydrogens (primary N) is 1. The van der Waals surface area contributed by atoms with Gasteiger partial charge in [0.05, 0.1) is 5.25 Å². The molecule has 30 heavy (non-hydrogen) atoms. The smallest absolute Gasteiger partial charge is 0.233 e. The van der Waals surface area contributed by atoms with Crippen LogP contribution in [0.25, 0.3) is 0 Å². The number of thioether (sulfide) groups is 1. The van der Waals surface area contributed by atoms with Gasteiger partial charge in [-0.2, -0.15) is 0 Å². The average molecular weight is 426 g/mol. The van der Waals surface area contributed by atoms with Gasteiger partial charge in [0.15, 0.2) is 5.82 Å². The quantitative estimate of drug-likeness (QED) is 0.425. The largest absolute Gasteiger partial charge is 0.485 e. The molecule has 3 rings (SSSR count). The summed E-state index contributed by atoms with van der Waals surface area (Å²) in [7, 11) is 0. The highest BCUT2D eigenvalue weighted by Crippen LogP contribution is 2.23. The Bertz CT molecular complexity index is 1020. The summed E-state index contributed by atoms with van der Waals surface area (Å²) in [5.41, 5.74) is 4.47. The summed E-state index contributed by atoms with van der Waals surface area (Å²) in [5, 5.41) is 11.2. The lowest BCUT2D eigenvalue weighted by Gasteiger charge is -2.12. The summed E-state index contributed by atoms with van der Waals surface area (Å²) < 4.78 is 7.20. The molecule has 0 bridgehead atoms. The summed E-state index contributed by atoms with van der Waals surface area (Å²) in [6.45, 7) is 8.56. The molecule has 8 heteroatoms. The molecule has 158 valence electrons. The predicted octanol–water partition coefficient (Wildman–Crippen LogP) is 3.29. The number of hydrogen-bond acceptors (Lipinski definition) is 6. The van der Waals surface area contributed by atoms with Crippen LogP contribution < -0.4 is 15.9 Å². The molecular formula is C22H27N5O2S. The molecule has 0 fully saturated rings. The van der Waals surface area contributed by atoms with Crippen molar-refractivity contribution in [2.75, 3.05) is 5.84 Å². The fraction of sp³-hybridized carbons (Fsp3) is 0.318. The van der Waals surface area contributed by atoms with E-state index in [9.17, 15) is 4.79 Å². The SMILES string of the molecule is Cc1ccc(CNC(=O)[C@@H](C)Sc2nnc(COc3ccc(C)cc3C)n2N)cc1. The van der Waals surface area contributed by atoms with Crippen LogP contribution in [0.5, 0.6) is 5.75 Å². The maximum Gasteiger partial charge on any atom is 0.233 e. The van der Waals surface area contributed by atoms with Gasteiger partial charge in [-0.15, -0.1) is 10.2 Å². The molecule has 1 aromatic heterocycles. The normalized spacial score (nSPS) is 11.9. The Hall–Kier alpha value is -3.00. The van der Waals surface area contributed by atoms with Crippen molar-refractivity contribution in [1.29, 1.82) is 0 Å². The van der Waals surface area contributed by atoms with E-state index in [1.165, 1.54) is 27.6 Å². The zero-order chi connectivity index (χ0) is 21.7. The number of nitrogens with one attached hydrogen (secondary N) is 1. The summed E-state index contributed by atoms with van der Waals surface area (Å²) in [6.07, 6.45) is 0. The van der Waals surface area contributed by atoms with E-state index >= 15 is 0 Å². The molecule has 3 N–H and O–H groups in total. The number of rotatable bonds is 8. The number of aryl methyl sites for hydroxylation is 3. The van der Waals surface area contributed by atoms with Crippen molar-refractivity contribution in [3.05, 3.63) is 70.5 Å². The van der Waals surface area contributed by atoms with E-state index in [2.05, 4.69) is 21.6 Å². The average Bonchev–Trinajstić information content (AvgIpc) is 3.06. The Kier molecular flexibility index (Phi) is 6.99. The van der Waals surface area contributed by atoms with E-state index in [-0.39, 0.29) is 17.8 Å². The van der Waals surface area contributed by atoms with Crippen molar-refractivity contribution in [3.63, 3.8) is 0 Å². The van der Waals surface area contributed by atoms with Crippen LogP contribution in [0.15, 0.2) is 47.6 Å². The summed E-state index contributed by atoms with van der Waals surface area (Å²) in [4.78, 5) is 12.4. The van der Waals surface area contributed by atoms with Crippen LogP contribution in [0.4, 0.5) is 0 Å². The lowest BCUT2D eigenvalue weighted by atomic mass is 10.1. The van der Waals surface area contributed by atoms with Crippen molar-refractivity contribution >= 4 is 17.7 Å². The van der Waals surface area contributed by atoms with Crippen LogP contribution in [0, 0.1) is 20.8 Å². The van der Waals surface area contributed by atoms with Crippen molar-refractivity contribution in [2.45, 2.75) is 51.3 Å². The number of ether oxygens (including phenoxy) is 1. The Morgan fingerprint density at radius 3 is 2.53 bits per heavy atom. The van der Waals surface area contributed by atoms with E-state index < -0.39 is 0 Å². The van der Waals surface area contributed by atoms with E-state index in [0.717, 1.165) is 16.9 Å². The summed E-state index contributed by atoms with van der Waals surface area (Å²) in [6, 6.07) is 14.0. The summed E-state index contributed by atoms with van der Waals surface area (Å²) in [5.74, 6) is 7.30. The molecule has 0 saturated heterocycles. The first-order valence-corrected chi connectivity index (χ1v) is 10.6. The van der Waals surface area contributed by atoms with Crippen LogP contribution in [-0.4, -0.2) is 26.0 Å². The minimum Gasteiger partial charge on any atom is -0.485 e. The number of hydrogen-bond donors (Lipinski definition) is 2. The van der Waals surface area contributed by atoms with Crippen molar-refractivity contribution < 1.29 is 9.53 Å². The molecule has 0 aliphatic carbocycles. The van der Waals surface area contributed by atoms with Crippen molar-refractivity contribution in [2.24, 2.45) is 0 Å². The van der Waals surface area contributed by atoms with Crippen LogP contribution in [0.1, 0.15) is 35.0 Å². The number of carbonyl (C=O) groups excluding carboxylic acids is 1. The minimum atomic E-state index is -0.366. The highest BCUT2D eigenvalue weighted by Gasteiger charge is 2.19. The maximum atomic E-state index is 12.4. The molecule has 3 aromatic rings. The molecule has 7 nitrogen and oxygen atoms in total. The molecule has 0 unspecified atom stereocenters. The highest BCUT2D eigenvalue weighted by atomic mass is 32.2. The van der Waals surface area contributed by atoms with Gasteiger partial charge >= 0.3 is 0 Å². The topological polar surface area (TPSA) is 95.1 Å². The fourth-order valence-electron chi connectivity index (χ4n) is 2.84. The molecule has 0 radical (unpaired) electrons. The van der Waals surface area contributed by atoms with E-state index in [1.54, 1.807) is 0 Å². The molecule has 0 aliphatic rings. The van der Waals surface area contributed by atoms with Gasteiger partial charge in [-0.25, -0.2) is 4.68 Å². The lowest BCUT2D eigenvalue weighted by molar-refractivity contribution is -0.120. The van der Waals surface area contributed by atoms with Crippen molar-refractivity contribution in [1.82, 2.24) is 20.2 Å². The zero-order valence-corrected chi connectivity index (χ0v) is 18.5. The summed E-state index contributed by atoms with van der Waals surface area (Å²) >= 11 is 1.26. The van der Waals surface area contributed by atoms with Crippen LogP contribution in [-0.2, 0) is 17.9 Å². The van der Waals surface area contributed by atoms with E-state index in [1.807, 2.05) is 64.1 Å². The molecule has 0 aliphatic heterocycles. The first-order valence-electron chi connectivity index (χ1n) is 9.73. The first kappa shape index (κ1) is 21.7. The third-order valence-corrected chi connectivity index (χ3v) is 5.72. The first-order chi connectivity index (χ1) is 14.3. The number of amides is 1. The van der Waals surface area contributed by atoms with Gasteiger partial charge in [0.25, 0.3) is 0 Å². The molecule has 1 amide bonds. The Labute approximate surface area is 181 Å². The lowest BCUT2D eigenvalue weighted by Crippen LogP contribution is -2.31. The van der Waals surface area contributed by atoms with Gasteiger partial charge in [0.2, 0.25) is 11.1 Å². The second kappa shape index (κ2) is 9.67. The monoisotopic (exact) mass is 425 g/mol. The van der Waals surface area contributed by atoms with Gasteiger partial charge in [-0.1, -0.05) is 59.3 Å². The molecular weight excluding hydrogens is 398 g/mol. The number of nitrogens with zero attached hydrogens (tertiary/aromatic N) is 3. The molecule has 1 atom stereocenters. The highest BCUT2D eigenvalue weighted by molar-refractivity contribution is 8.00. The number of benzene rings is 2. The van der Waals surface area contributed by atoms with E-state index in [4.69, 9.17) is 10.6 Å². The van der Waals surface area contributed by atoms with E-state index in [0.29, 0.717) is 17.5 Å². The zero-order valence-electron chi connectivity index (χ0n) is 17.7. The standard InChI is InChI=1S/C22H27N5O2S/c1-14-5-8-18(9-6-14)12-24-21(28)17(4)30-22-26-25-20(27(22)23)13-29-19-10-7-15(2)11-16(19)3/h5-11,17H,12-13,23H2,1-4H3,(H,24,28)/t17-/m1/s1. The Morgan fingerprint density at radius 2 is 1.83 bits per heavy atom. The van der Waals surface area contributed by atoms with Crippen LogP contribution >= 0.6 is 11.8 Å². The number of carbonyl (C=O) groups is 1. The fourth-order valence-corrected chi connectivity index (χ4v) is 3.65. The molecule has 0 spiro atoms. The molecule has 1 heterocycles. The van der Waals surface area contributed by atoms with Crippen molar-refractivity contribution in [3.8, 4) is 5.75 Å².